The van der Waals surface area contributed by atoms with E-state index < -0.39 is 0 Å². The molecule has 0 aromatic carbocycles. The van der Waals surface area contributed by atoms with Gasteiger partial charge in [0, 0.05) is 25.0 Å². The van der Waals surface area contributed by atoms with Crippen LogP contribution in [-0.4, -0.2) is 29.7 Å². The Hall–Kier alpha value is -1.00. The summed E-state index contributed by atoms with van der Waals surface area (Å²) in [6, 6.07) is 0.562. The van der Waals surface area contributed by atoms with Crippen LogP contribution in [0.15, 0.2) is 6.20 Å². The molecule has 1 heterocycles. The highest BCUT2D eigenvalue weighted by Gasteiger charge is 2.20. The maximum atomic E-state index is 5.07. The molecule has 0 aliphatic heterocycles. The highest BCUT2D eigenvalue weighted by molar-refractivity contribution is 5.21. The Bertz CT molecular complexity index is 393. The lowest BCUT2D eigenvalue weighted by atomic mass is 9.87. The average molecular weight is 249 g/mol. The highest BCUT2D eigenvalue weighted by atomic mass is 16.5. The van der Waals surface area contributed by atoms with Crippen LogP contribution in [0.1, 0.15) is 37.4 Å². The van der Waals surface area contributed by atoms with Crippen LogP contribution in [0.4, 0.5) is 0 Å². The zero-order valence-electron chi connectivity index (χ0n) is 11.6. The van der Waals surface area contributed by atoms with Crippen LogP contribution in [-0.2, 0) is 24.2 Å². The number of rotatable bonds is 5. The van der Waals surface area contributed by atoms with Crippen molar-refractivity contribution in [3.63, 3.8) is 0 Å². The third-order valence-corrected chi connectivity index (χ3v) is 3.39. The molecule has 1 aliphatic rings. The summed E-state index contributed by atoms with van der Waals surface area (Å²) in [5.41, 5.74) is 2.54. The van der Waals surface area contributed by atoms with E-state index in [9.17, 15) is 0 Å². The van der Waals surface area contributed by atoms with Crippen molar-refractivity contribution in [2.24, 2.45) is 5.92 Å². The molecule has 0 saturated carbocycles. The van der Waals surface area contributed by atoms with E-state index in [2.05, 4.69) is 29.1 Å². The van der Waals surface area contributed by atoms with Crippen molar-refractivity contribution < 1.29 is 4.74 Å². The summed E-state index contributed by atoms with van der Waals surface area (Å²) >= 11 is 0. The molecule has 0 spiro atoms. The molecular formula is C14H23N3O. The molecule has 100 valence electrons. The van der Waals surface area contributed by atoms with Gasteiger partial charge < -0.3 is 10.1 Å². The summed E-state index contributed by atoms with van der Waals surface area (Å²) in [5.74, 6) is 1.52. The first-order valence-electron chi connectivity index (χ1n) is 6.75. The Morgan fingerprint density at radius 2 is 2.33 bits per heavy atom. The number of methoxy groups -OCH3 is 1. The SMILES string of the molecule is COCc1ncc2c(n1)CCC(CNC(C)C)C2. The van der Waals surface area contributed by atoms with Gasteiger partial charge in [-0.1, -0.05) is 13.8 Å². The molecule has 4 nitrogen and oxygen atoms in total. The summed E-state index contributed by atoms with van der Waals surface area (Å²) in [5, 5.41) is 3.52. The van der Waals surface area contributed by atoms with E-state index in [1.807, 2.05) is 6.20 Å². The lowest BCUT2D eigenvalue weighted by molar-refractivity contribution is 0.177. The van der Waals surface area contributed by atoms with Crippen LogP contribution >= 0.6 is 0 Å². The molecule has 1 aromatic heterocycles. The topological polar surface area (TPSA) is 47.0 Å². The smallest absolute Gasteiger partial charge is 0.154 e. The molecule has 1 aliphatic carbocycles. The fraction of sp³-hybridized carbons (Fsp3) is 0.714. The summed E-state index contributed by atoms with van der Waals surface area (Å²) in [4.78, 5) is 8.93. The van der Waals surface area contributed by atoms with E-state index in [4.69, 9.17) is 4.74 Å². The van der Waals surface area contributed by atoms with Gasteiger partial charge in [0.05, 0.1) is 0 Å². The second kappa shape index (κ2) is 6.25. The Labute approximate surface area is 109 Å². The van der Waals surface area contributed by atoms with Crippen molar-refractivity contribution in [2.45, 2.75) is 45.8 Å². The van der Waals surface area contributed by atoms with E-state index in [0.717, 1.165) is 31.1 Å². The summed E-state index contributed by atoms with van der Waals surface area (Å²) in [6.07, 6.45) is 5.37. The number of fused-ring (bicyclic) bond motifs is 1. The molecule has 18 heavy (non-hydrogen) atoms. The van der Waals surface area contributed by atoms with Gasteiger partial charge in [-0.3, -0.25) is 0 Å². The molecule has 1 N–H and O–H groups in total. The third kappa shape index (κ3) is 3.50. The second-order valence-electron chi connectivity index (χ2n) is 5.36. The van der Waals surface area contributed by atoms with Gasteiger partial charge in [0.25, 0.3) is 0 Å². The largest absolute Gasteiger partial charge is 0.377 e. The van der Waals surface area contributed by atoms with Gasteiger partial charge in [-0.2, -0.15) is 0 Å². The van der Waals surface area contributed by atoms with Gasteiger partial charge in [-0.15, -0.1) is 0 Å². The van der Waals surface area contributed by atoms with E-state index >= 15 is 0 Å². The molecule has 1 atom stereocenters. The zero-order valence-corrected chi connectivity index (χ0v) is 11.6. The lowest BCUT2D eigenvalue weighted by Gasteiger charge is -2.25. The average Bonchev–Trinajstić information content (AvgIpc) is 2.36. The van der Waals surface area contributed by atoms with E-state index in [-0.39, 0.29) is 0 Å². The van der Waals surface area contributed by atoms with E-state index in [1.54, 1.807) is 7.11 Å². The minimum absolute atomic E-state index is 0.506. The van der Waals surface area contributed by atoms with Crippen molar-refractivity contribution in [1.29, 1.82) is 0 Å². The number of aromatic nitrogens is 2. The van der Waals surface area contributed by atoms with Crippen molar-refractivity contribution in [1.82, 2.24) is 15.3 Å². The zero-order chi connectivity index (χ0) is 13.0. The van der Waals surface area contributed by atoms with Crippen molar-refractivity contribution in [3.8, 4) is 0 Å². The van der Waals surface area contributed by atoms with Crippen molar-refractivity contribution in [3.05, 3.63) is 23.3 Å². The molecule has 4 heteroatoms. The molecule has 0 bridgehead atoms. The fourth-order valence-corrected chi connectivity index (χ4v) is 2.40. The Morgan fingerprint density at radius 3 is 3.06 bits per heavy atom. The predicted octanol–water partition coefficient (Wildman–Crippen LogP) is 1.73. The monoisotopic (exact) mass is 249 g/mol. The minimum Gasteiger partial charge on any atom is -0.377 e. The number of nitrogens with zero attached hydrogens (tertiary/aromatic N) is 2. The van der Waals surface area contributed by atoms with E-state index in [0.29, 0.717) is 12.6 Å². The molecule has 1 aromatic rings. The fourth-order valence-electron chi connectivity index (χ4n) is 2.40. The summed E-state index contributed by atoms with van der Waals surface area (Å²) in [6.45, 7) is 5.98. The first-order chi connectivity index (χ1) is 8.69. The van der Waals surface area contributed by atoms with Gasteiger partial charge in [-0.25, -0.2) is 9.97 Å². The van der Waals surface area contributed by atoms with Gasteiger partial charge in [0.1, 0.15) is 6.61 Å². The standard InChI is InChI=1S/C14H23N3O/c1-10(2)15-7-11-4-5-13-12(6-11)8-16-14(17-13)9-18-3/h8,10-11,15H,4-7,9H2,1-3H3. The van der Waals surface area contributed by atoms with E-state index in [1.165, 1.54) is 17.7 Å². The third-order valence-electron chi connectivity index (χ3n) is 3.39. The number of aryl methyl sites for hydroxylation is 1. The van der Waals surface area contributed by atoms with Crippen LogP contribution < -0.4 is 5.32 Å². The van der Waals surface area contributed by atoms with Crippen molar-refractivity contribution >= 4 is 0 Å². The number of hydrogen-bond donors (Lipinski definition) is 1. The lowest BCUT2D eigenvalue weighted by Crippen LogP contribution is -2.32. The first-order valence-corrected chi connectivity index (χ1v) is 6.75. The quantitative estimate of drug-likeness (QED) is 0.863. The van der Waals surface area contributed by atoms with Gasteiger partial charge in [0.2, 0.25) is 0 Å². The first kappa shape index (κ1) is 13.4. The number of hydrogen-bond acceptors (Lipinski definition) is 4. The van der Waals surface area contributed by atoms with Gasteiger partial charge in [0.15, 0.2) is 5.82 Å². The van der Waals surface area contributed by atoms with Crippen LogP contribution in [0.25, 0.3) is 0 Å². The number of ether oxygens (including phenoxy) is 1. The molecule has 2 rings (SSSR count). The molecule has 0 radical (unpaired) electrons. The normalized spacial score (nSPS) is 19.0. The van der Waals surface area contributed by atoms with Gasteiger partial charge >= 0.3 is 0 Å². The highest BCUT2D eigenvalue weighted by Crippen LogP contribution is 2.23. The van der Waals surface area contributed by atoms with Crippen LogP contribution in [0, 0.1) is 5.92 Å². The molecule has 0 amide bonds. The molecule has 0 saturated heterocycles. The Kier molecular flexibility index (Phi) is 4.66. The molecular weight excluding hydrogens is 226 g/mol. The molecule has 0 fully saturated rings. The summed E-state index contributed by atoms with van der Waals surface area (Å²) in [7, 11) is 1.68. The predicted molar refractivity (Wildman–Crippen MR) is 71.4 cm³/mol. The van der Waals surface area contributed by atoms with Gasteiger partial charge in [-0.05, 0) is 37.3 Å². The maximum Gasteiger partial charge on any atom is 0.154 e. The number of nitrogens with one attached hydrogen (secondary N) is 1. The minimum atomic E-state index is 0.506. The Balaban J connectivity index is 1.97. The van der Waals surface area contributed by atoms with Crippen LogP contribution in [0.5, 0.6) is 0 Å². The second-order valence-corrected chi connectivity index (χ2v) is 5.36. The van der Waals surface area contributed by atoms with Crippen LogP contribution in [0.2, 0.25) is 0 Å². The molecule has 1 unspecified atom stereocenters. The summed E-state index contributed by atoms with van der Waals surface area (Å²) < 4.78 is 5.07. The Morgan fingerprint density at radius 1 is 1.50 bits per heavy atom. The van der Waals surface area contributed by atoms with Crippen LogP contribution in [0.3, 0.4) is 0 Å². The maximum absolute atomic E-state index is 5.07. The van der Waals surface area contributed by atoms with Crippen molar-refractivity contribution in [2.75, 3.05) is 13.7 Å².